The van der Waals surface area contributed by atoms with Gasteiger partial charge in [-0.3, -0.25) is 13.9 Å². The summed E-state index contributed by atoms with van der Waals surface area (Å²) in [5.41, 5.74) is 1.85. The van der Waals surface area contributed by atoms with E-state index in [-0.39, 0.29) is 30.5 Å². The molecular weight excluding hydrogens is 554 g/mol. The summed E-state index contributed by atoms with van der Waals surface area (Å²) in [4.78, 5) is 29.4. The molecule has 3 rings (SSSR count). The zero-order chi connectivity index (χ0) is 30.7. The Balaban J connectivity index is 2.08. The van der Waals surface area contributed by atoms with Crippen LogP contribution in [0, 0.1) is 5.92 Å². The fourth-order valence-electron chi connectivity index (χ4n) is 4.48. The zero-order valence-electron chi connectivity index (χ0n) is 24.9. The van der Waals surface area contributed by atoms with Crippen LogP contribution in [0.25, 0.3) is 0 Å². The molecule has 0 spiro atoms. The summed E-state index contributed by atoms with van der Waals surface area (Å²) in [5, 5.41) is 2.98. The molecule has 0 saturated heterocycles. The van der Waals surface area contributed by atoms with Crippen LogP contribution in [0.2, 0.25) is 0 Å². The van der Waals surface area contributed by atoms with Gasteiger partial charge >= 0.3 is 0 Å². The van der Waals surface area contributed by atoms with E-state index in [4.69, 9.17) is 9.47 Å². The minimum Gasteiger partial charge on any atom is -0.497 e. The molecule has 0 aromatic heterocycles. The zero-order valence-corrected chi connectivity index (χ0v) is 25.8. The summed E-state index contributed by atoms with van der Waals surface area (Å²) in [6.07, 6.45) is 1.29. The highest BCUT2D eigenvalue weighted by atomic mass is 32.2. The average molecular weight is 596 g/mol. The van der Waals surface area contributed by atoms with Crippen molar-refractivity contribution in [1.82, 2.24) is 10.2 Å². The molecule has 3 aromatic carbocycles. The van der Waals surface area contributed by atoms with E-state index >= 15 is 0 Å². The molecule has 0 radical (unpaired) electrons. The number of carbonyl (C=O) groups excluding carboxylic acids is 2. The van der Waals surface area contributed by atoms with Crippen molar-refractivity contribution in [3.05, 3.63) is 90.0 Å². The smallest absolute Gasteiger partial charge is 0.244 e. The maximum absolute atomic E-state index is 14.2. The van der Waals surface area contributed by atoms with Gasteiger partial charge in [-0.25, -0.2) is 8.42 Å². The number of anilines is 1. The maximum atomic E-state index is 14.2. The molecule has 10 heteroatoms. The number of carbonyl (C=O) groups is 2. The van der Waals surface area contributed by atoms with E-state index in [1.54, 1.807) is 50.4 Å². The quantitative estimate of drug-likeness (QED) is 0.281. The van der Waals surface area contributed by atoms with Gasteiger partial charge in [0.2, 0.25) is 21.8 Å². The maximum Gasteiger partial charge on any atom is 0.244 e. The van der Waals surface area contributed by atoms with Gasteiger partial charge in [0.15, 0.2) is 0 Å². The number of hydrogen-bond acceptors (Lipinski definition) is 6. The van der Waals surface area contributed by atoms with Crippen LogP contribution < -0.4 is 19.1 Å². The Morgan fingerprint density at radius 3 is 2.24 bits per heavy atom. The lowest BCUT2D eigenvalue weighted by molar-refractivity contribution is -0.140. The first-order valence-corrected chi connectivity index (χ1v) is 15.8. The summed E-state index contributed by atoms with van der Waals surface area (Å²) >= 11 is 0. The fourth-order valence-corrected chi connectivity index (χ4v) is 5.33. The van der Waals surface area contributed by atoms with Crippen LogP contribution in [-0.2, 0) is 32.6 Å². The van der Waals surface area contributed by atoms with Crippen LogP contribution >= 0.6 is 0 Å². The van der Waals surface area contributed by atoms with Gasteiger partial charge in [0.1, 0.15) is 24.1 Å². The number of amides is 2. The summed E-state index contributed by atoms with van der Waals surface area (Å²) in [5.74, 6) is 0.296. The molecule has 0 aliphatic rings. The molecule has 1 atom stereocenters. The van der Waals surface area contributed by atoms with E-state index in [2.05, 4.69) is 5.32 Å². The van der Waals surface area contributed by atoms with Crippen LogP contribution in [-0.4, -0.2) is 64.2 Å². The van der Waals surface area contributed by atoms with Crippen molar-refractivity contribution in [3.8, 4) is 11.5 Å². The summed E-state index contributed by atoms with van der Waals surface area (Å²) < 4.78 is 38.2. The highest BCUT2D eigenvalue weighted by molar-refractivity contribution is 7.92. The number of sulfonamides is 1. The number of benzene rings is 3. The molecule has 0 fully saturated rings. The Kier molecular flexibility index (Phi) is 11.8. The monoisotopic (exact) mass is 595 g/mol. The molecular formula is C32H41N3O6S. The van der Waals surface area contributed by atoms with Gasteiger partial charge in [-0.2, -0.15) is 0 Å². The molecule has 3 aromatic rings. The number of nitrogens with one attached hydrogen (secondary N) is 1. The number of para-hydroxylation sites is 2. The van der Waals surface area contributed by atoms with Crippen molar-refractivity contribution in [3.63, 3.8) is 0 Å². The number of methoxy groups -OCH3 is 1. The van der Waals surface area contributed by atoms with Crippen molar-refractivity contribution in [2.75, 3.05) is 37.4 Å². The predicted molar refractivity (Wildman–Crippen MR) is 165 cm³/mol. The molecule has 0 aliphatic heterocycles. The minimum atomic E-state index is -3.91. The lowest BCUT2D eigenvalue weighted by Crippen LogP contribution is -2.53. The van der Waals surface area contributed by atoms with Gasteiger partial charge < -0.3 is 19.7 Å². The second-order valence-corrected chi connectivity index (χ2v) is 12.3. The van der Waals surface area contributed by atoms with Crippen molar-refractivity contribution in [1.29, 1.82) is 0 Å². The molecule has 0 saturated carbocycles. The third-order valence-corrected chi connectivity index (χ3v) is 7.68. The first-order valence-electron chi connectivity index (χ1n) is 14.0. The molecule has 2 amide bonds. The van der Waals surface area contributed by atoms with Gasteiger partial charge in [-0.05, 0) is 48.2 Å². The van der Waals surface area contributed by atoms with Crippen molar-refractivity contribution in [2.24, 2.45) is 5.92 Å². The van der Waals surface area contributed by atoms with E-state index in [1.807, 2.05) is 56.3 Å². The van der Waals surface area contributed by atoms with Gasteiger partial charge in [-0.1, -0.05) is 68.4 Å². The average Bonchev–Trinajstić information content (AvgIpc) is 2.97. The van der Waals surface area contributed by atoms with E-state index in [0.29, 0.717) is 24.7 Å². The highest BCUT2D eigenvalue weighted by Gasteiger charge is 2.33. The van der Waals surface area contributed by atoms with Crippen LogP contribution in [0.4, 0.5) is 5.69 Å². The van der Waals surface area contributed by atoms with Gasteiger partial charge in [0, 0.05) is 19.5 Å². The fraction of sp³-hybridized carbons (Fsp3) is 0.375. The number of rotatable bonds is 15. The Morgan fingerprint density at radius 1 is 0.929 bits per heavy atom. The molecule has 1 unspecified atom stereocenters. The summed E-state index contributed by atoms with van der Waals surface area (Å²) in [6.45, 7) is 6.08. The van der Waals surface area contributed by atoms with Crippen molar-refractivity contribution in [2.45, 2.75) is 39.8 Å². The normalized spacial score (nSPS) is 12.0. The third-order valence-electron chi connectivity index (χ3n) is 6.56. The van der Waals surface area contributed by atoms with Gasteiger partial charge in [0.05, 0.1) is 25.7 Å². The molecule has 1 N–H and O–H groups in total. The first kappa shape index (κ1) is 32.5. The van der Waals surface area contributed by atoms with E-state index in [0.717, 1.165) is 21.7 Å². The second kappa shape index (κ2) is 15.3. The SMILES string of the molecule is CCOc1ccccc1N(CC(=O)N(Cc1cccc(OC)c1)C(Cc1ccccc1)C(=O)NCC(C)C)S(C)(=O)=O. The van der Waals surface area contributed by atoms with Crippen molar-refractivity contribution >= 4 is 27.5 Å². The minimum absolute atomic E-state index is 0.0628. The van der Waals surface area contributed by atoms with Crippen LogP contribution in [0.15, 0.2) is 78.9 Å². The molecule has 42 heavy (non-hydrogen) atoms. The Morgan fingerprint density at radius 2 is 1.60 bits per heavy atom. The summed E-state index contributed by atoms with van der Waals surface area (Å²) in [7, 11) is -2.36. The lowest BCUT2D eigenvalue weighted by atomic mass is 10.0. The third kappa shape index (κ3) is 9.24. The molecule has 9 nitrogen and oxygen atoms in total. The Bertz CT molecular complexity index is 1430. The van der Waals surface area contributed by atoms with E-state index in [1.165, 1.54) is 4.90 Å². The lowest BCUT2D eigenvalue weighted by Gasteiger charge is -2.34. The van der Waals surface area contributed by atoms with Crippen LogP contribution in [0.3, 0.4) is 0 Å². The van der Waals surface area contributed by atoms with Crippen LogP contribution in [0.1, 0.15) is 31.9 Å². The Labute approximate surface area is 249 Å². The van der Waals surface area contributed by atoms with Crippen molar-refractivity contribution < 1.29 is 27.5 Å². The topological polar surface area (TPSA) is 105 Å². The first-order chi connectivity index (χ1) is 20.0. The highest BCUT2D eigenvalue weighted by Crippen LogP contribution is 2.30. The number of nitrogens with zero attached hydrogens (tertiary/aromatic N) is 2. The Hall–Kier alpha value is -4.05. The van der Waals surface area contributed by atoms with Gasteiger partial charge in [0.25, 0.3) is 0 Å². The molecule has 0 aliphatic carbocycles. The molecule has 0 bridgehead atoms. The standard InChI is InChI=1S/C32H41N3O6S/c1-6-41-30-18-11-10-17-28(30)35(42(5,38)39)23-31(36)34(22-26-15-12-16-27(19-26)40-4)29(32(37)33-21-24(2)3)20-25-13-8-7-9-14-25/h7-19,24,29H,6,20-23H2,1-5H3,(H,33,37). The number of ether oxygens (including phenoxy) is 2. The number of hydrogen-bond donors (Lipinski definition) is 1. The molecule has 226 valence electrons. The largest absolute Gasteiger partial charge is 0.497 e. The van der Waals surface area contributed by atoms with Gasteiger partial charge in [-0.15, -0.1) is 0 Å². The summed E-state index contributed by atoms with van der Waals surface area (Å²) in [6, 6.07) is 22.5. The predicted octanol–water partition coefficient (Wildman–Crippen LogP) is 4.27. The van der Waals surface area contributed by atoms with E-state index < -0.39 is 28.5 Å². The molecule has 0 heterocycles. The second-order valence-electron chi connectivity index (χ2n) is 10.4. The van der Waals surface area contributed by atoms with Crippen LogP contribution in [0.5, 0.6) is 11.5 Å². The van der Waals surface area contributed by atoms with E-state index in [9.17, 15) is 18.0 Å².